The van der Waals surface area contributed by atoms with Crippen molar-refractivity contribution in [1.82, 2.24) is 14.6 Å². The second-order valence-electron chi connectivity index (χ2n) is 9.56. The first-order valence-electron chi connectivity index (χ1n) is 12.5. The molecule has 4 aromatic rings. The summed E-state index contributed by atoms with van der Waals surface area (Å²) in [7, 11) is -4.09. The van der Waals surface area contributed by atoms with Gasteiger partial charge in [0.05, 0.1) is 4.90 Å². The molecule has 40 heavy (non-hydrogen) atoms. The number of nitrogens with zero attached hydrogens (tertiary/aromatic N) is 2. The summed E-state index contributed by atoms with van der Waals surface area (Å²) in [5.74, 6) is -1.34. The number of hydrogen-bond donors (Lipinski definition) is 2. The minimum atomic E-state index is -4.09. The van der Waals surface area contributed by atoms with E-state index in [-0.39, 0.29) is 34.3 Å². The number of carbonyl (C=O) groups excluding carboxylic acids is 1. The van der Waals surface area contributed by atoms with Crippen LogP contribution >= 0.6 is 23.2 Å². The normalized spacial score (nSPS) is 16.7. The summed E-state index contributed by atoms with van der Waals surface area (Å²) >= 11 is 12.0. The second kappa shape index (κ2) is 11.2. The van der Waals surface area contributed by atoms with Crippen LogP contribution < -0.4 is 5.32 Å². The number of aryl methyl sites for hydroxylation is 1. The summed E-state index contributed by atoms with van der Waals surface area (Å²) < 4.78 is 33.3. The van der Waals surface area contributed by atoms with Crippen LogP contribution in [0.15, 0.2) is 70.0 Å². The van der Waals surface area contributed by atoms with Crippen LogP contribution in [0.1, 0.15) is 24.3 Å². The first-order valence-corrected chi connectivity index (χ1v) is 14.7. The number of oxazole rings is 1. The zero-order chi connectivity index (χ0) is 28.6. The predicted molar refractivity (Wildman–Crippen MR) is 151 cm³/mol. The molecule has 0 unspecified atom stereocenters. The lowest BCUT2D eigenvalue weighted by molar-refractivity contribution is -0.142. The lowest BCUT2D eigenvalue weighted by atomic mass is 9.99. The maximum absolute atomic E-state index is 13.3. The van der Waals surface area contributed by atoms with Crippen molar-refractivity contribution < 1.29 is 27.5 Å². The Morgan fingerprint density at radius 2 is 1.82 bits per heavy atom. The number of amides is 1. The van der Waals surface area contributed by atoms with Crippen molar-refractivity contribution in [1.29, 1.82) is 0 Å². The molecular weight excluding hydrogens is 577 g/mol. The quantitative estimate of drug-likeness (QED) is 0.288. The van der Waals surface area contributed by atoms with Crippen LogP contribution in [0.3, 0.4) is 0 Å². The molecule has 0 spiro atoms. The Hall–Kier alpha value is -3.44. The number of benzene rings is 3. The number of para-hydroxylation sites is 1. The number of carbonyl (C=O) groups is 2. The Labute approximate surface area is 240 Å². The third-order valence-electron chi connectivity index (χ3n) is 6.79. The number of carboxylic acids is 1. The van der Waals surface area contributed by atoms with E-state index < -0.39 is 34.0 Å². The molecule has 3 aromatic carbocycles. The maximum atomic E-state index is 13.3. The maximum Gasteiger partial charge on any atom is 0.326 e. The van der Waals surface area contributed by atoms with Crippen LogP contribution in [0, 0.1) is 6.92 Å². The van der Waals surface area contributed by atoms with Gasteiger partial charge in [-0.2, -0.15) is 4.31 Å². The average molecular weight is 602 g/mol. The molecule has 0 bridgehead atoms. The van der Waals surface area contributed by atoms with Crippen molar-refractivity contribution in [3.63, 3.8) is 0 Å². The summed E-state index contributed by atoms with van der Waals surface area (Å²) in [6, 6.07) is 14.6. The van der Waals surface area contributed by atoms with E-state index in [1.807, 2.05) is 30.3 Å². The standard InChI is InChI=1S/C28H25Cl2N3O6S/c1-16-31-26-22(4-2-6-25(26)39-16)18-9-7-17(8-10-18)12-23(28(35)36)32-27(34)24-5-3-11-33(24)40(37,38)21-14-19(29)13-20(30)15-21/h2,4,6-10,13-15,23-24H,3,5,11-12H2,1H3,(H,32,34)(H,35,36)/t23-,24-/m0/s1. The van der Waals surface area contributed by atoms with E-state index in [0.29, 0.717) is 23.5 Å². The van der Waals surface area contributed by atoms with Crippen LogP contribution in [-0.2, 0) is 26.0 Å². The third-order valence-corrected chi connectivity index (χ3v) is 9.12. The Morgan fingerprint density at radius 1 is 1.12 bits per heavy atom. The topological polar surface area (TPSA) is 130 Å². The number of carboxylic acid groups (broad SMARTS) is 1. The molecule has 0 aliphatic carbocycles. The average Bonchev–Trinajstić information content (AvgIpc) is 3.55. The van der Waals surface area contributed by atoms with Crippen molar-refractivity contribution in [2.45, 2.75) is 43.2 Å². The van der Waals surface area contributed by atoms with Gasteiger partial charge in [-0.1, -0.05) is 59.6 Å². The fourth-order valence-corrected chi connectivity index (χ4v) is 7.30. The molecule has 1 aliphatic rings. The van der Waals surface area contributed by atoms with Gasteiger partial charge in [-0.3, -0.25) is 4.79 Å². The number of fused-ring (bicyclic) bond motifs is 1. The highest BCUT2D eigenvalue weighted by Gasteiger charge is 2.40. The van der Waals surface area contributed by atoms with Gasteiger partial charge in [-0.15, -0.1) is 0 Å². The van der Waals surface area contributed by atoms with Crippen LogP contribution in [0.5, 0.6) is 0 Å². The highest BCUT2D eigenvalue weighted by molar-refractivity contribution is 7.89. The molecular formula is C28H25Cl2N3O6S. The van der Waals surface area contributed by atoms with E-state index in [9.17, 15) is 23.1 Å². The smallest absolute Gasteiger partial charge is 0.326 e. The van der Waals surface area contributed by atoms with Gasteiger partial charge in [-0.05, 0) is 48.2 Å². The van der Waals surface area contributed by atoms with E-state index >= 15 is 0 Å². The summed E-state index contributed by atoms with van der Waals surface area (Å²) in [6.07, 6.45) is 0.716. The minimum Gasteiger partial charge on any atom is -0.480 e. The second-order valence-corrected chi connectivity index (χ2v) is 12.3. The highest BCUT2D eigenvalue weighted by Crippen LogP contribution is 2.31. The Kier molecular flexibility index (Phi) is 7.87. The number of aliphatic carboxylic acids is 1. The van der Waals surface area contributed by atoms with Gasteiger partial charge in [-0.25, -0.2) is 18.2 Å². The zero-order valence-electron chi connectivity index (χ0n) is 21.3. The number of halogens is 2. The predicted octanol–water partition coefficient (Wildman–Crippen LogP) is 5.08. The number of aromatic nitrogens is 1. The molecule has 1 aromatic heterocycles. The van der Waals surface area contributed by atoms with Crippen molar-refractivity contribution in [3.05, 3.63) is 82.2 Å². The Balaban J connectivity index is 1.31. The van der Waals surface area contributed by atoms with Crippen molar-refractivity contribution in [2.24, 2.45) is 0 Å². The molecule has 1 saturated heterocycles. The van der Waals surface area contributed by atoms with E-state index in [1.54, 1.807) is 19.1 Å². The number of rotatable bonds is 8. The molecule has 0 radical (unpaired) electrons. The van der Waals surface area contributed by atoms with Crippen molar-refractivity contribution >= 4 is 56.2 Å². The first kappa shape index (κ1) is 28.1. The largest absolute Gasteiger partial charge is 0.480 e. The molecule has 9 nitrogen and oxygen atoms in total. The summed E-state index contributed by atoms with van der Waals surface area (Å²) in [5, 5.41) is 12.7. The third kappa shape index (κ3) is 5.71. The first-order chi connectivity index (χ1) is 19.0. The lowest BCUT2D eigenvalue weighted by Gasteiger charge is -2.25. The molecule has 2 heterocycles. The van der Waals surface area contributed by atoms with E-state index in [4.69, 9.17) is 27.6 Å². The van der Waals surface area contributed by atoms with Crippen LogP contribution in [-0.4, -0.2) is 53.3 Å². The van der Waals surface area contributed by atoms with E-state index in [0.717, 1.165) is 20.9 Å². The van der Waals surface area contributed by atoms with Crippen LogP contribution in [0.25, 0.3) is 22.2 Å². The molecule has 2 N–H and O–H groups in total. The molecule has 1 fully saturated rings. The molecule has 1 amide bonds. The fourth-order valence-electron chi connectivity index (χ4n) is 4.92. The molecule has 5 rings (SSSR count). The number of hydrogen-bond acceptors (Lipinski definition) is 6. The molecule has 1 aliphatic heterocycles. The highest BCUT2D eigenvalue weighted by atomic mass is 35.5. The minimum absolute atomic E-state index is 0.0119. The molecule has 2 atom stereocenters. The zero-order valence-corrected chi connectivity index (χ0v) is 23.6. The van der Waals surface area contributed by atoms with Crippen molar-refractivity contribution in [2.75, 3.05) is 6.54 Å². The van der Waals surface area contributed by atoms with Gasteiger partial charge in [0, 0.05) is 35.5 Å². The molecule has 0 saturated carbocycles. The van der Waals surface area contributed by atoms with Crippen LogP contribution in [0.2, 0.25) is 10.0 Å². The summed E-state index contributed by atoms with van der Waals surface area (Å²) in [4.78, 5) is 29.6. The van der Waals surface area contributed by atoms with Gasteiger partial charge in [0.15, 0.2) is 11.5 Å². The summed E-state index contributed by atoms with van der Waals surface area (Å²) in [5.41, 5.74) is 3.86. The van der Waals surface area contributed by atoms with E-state index in [2.05, 4.69) is 10.3 Å². The Morgan fingerprint density at radius 3 is 2.50 bits per heavy atom. The Bertz CT molecular complexity index is 1680. The molecule has 208 valence electrons. The van der Waals surface area contributed by atoms with Gasteiger partial charge in [0.25, 0.3) is 0 Å². The SMILES string of the molecule is Cc1nc2c(-c3ccc(C[C@H](NC(=O)[C@@H]4CCCN4S(=O)(=O)c4cc(Cl)cc(Cl)c4)C(=O)O)cc3)cccc2o1. The fraction of sp³-hybridized carbons (Fsp3) is 0.250. The van der Waals surface area contributed by atoms with E-state index in [1.165, 1.54) is 18.2 Å². The molecule has 12 heteroatoms. The number of nitrogens with one attached hydrogen (secondary N) is 1. The monoisotopic (exact) mass is 601 g/mol. The lowest BCUT2D eigenvalue weighted by Crippen LogP contribution is -2.51. The van der Waals surface area contributed by atoms with Crippen molar-refractivity contribution in [3.8, 4) is 11.1 Å². The van der Waals surface area contributed by atoms with Gasteiger partial charge in [0.2, 0.25) is 15.9 Å². The van der Waals surface area contributed by atoms with Crippen LogP contribution in [0.4, 0.5) is 0 Å². The van der Waals surface area contributed by atoms with Gasteiger partial charge < -0.3 is 14.8 Å². The van der Waals surface area contributed by atoms with Gasteiger partial charge in [0.1, 0.15) is 17.6 Å². The van der Waals surface area contributed by atoms with Gasteiger partial charge >= 0.3 is 5.97 Å². The number of sulfonamides is 1. The summed E-state index contributed by atoms with van der Waals surface area (Å²) in [6.45, 7) is 1.89.